The predicted molar refractivity (Wildman–Crippen MR) is 125 cm³/mol. The molecular formula is C26H22ClNO3. The highest BCUT2D eigenvalue weighted by atomic mass is 35.5. The Hall–Kier alpha value is -3.50. The number of rotatable bonds is 6. The van der Waals surface area contributed by atoms with Crippen molar-refractivity contribution in [3.63, 3.8) is 0 Å². The molecule has 0 N–H and O–H groups in total. The molecule has 0 spiro atoms. The smallest absolute Gasteiger partial charge is 0.262 e. The highest BCUT2D eigenvalue weighted by Gasteiger charge is 2.30. The summed E-state index contributed by atoms with van der Waals surface area (Å²) in [6.45, 7) is 2.56. The summed E-state index contributed by atoms with van der Waals surface area (Å²) in [5.41, 5.74) is 3.93. The van der Waals surface area contributed by atoms with E-state index in [1.807, 2.05) is 79.7 Å². The first-order valence-electron chi connectivity index (χ1n) is 10.0. The zero-order valence-electron chi connectivity index (χ0n) is 17.3. The van der Waals surface area contributed by atoms with Crippen LogP contribution in [-0.2, 0) is 4.79 Å². The molecule has 3 aromatic rings. The number of carbonyl (C=O) groups excluding carboxylic acids is 1. The van der Waals surface area contributed by atoms with Crippen LogP contribution in [0.2, 0.25) is 5.02 Å². The van der Waals surface area contributed by atoms with Crippen LogP contribution in [0.25, 0.3) is 11.8 Å². The van der Waals surface area contributed by atoms with Gasteiger partial charge in [0.25, 0.3) is 5.91 Å². The first kappa shape index (κ1) is 20.8. The Balaban J connectivity index is 1.75. The van der Waals surface area contributed by atoms with E-state index in [-0.39, 0.29) is 5.91 Å². The molecular weight excluding hydrogens is 410 g/mol. The van der Waals surface area contributed by atoms with E-state index in [0.29, 0.717) is 28.6 Å². The molecule has 0 unspecified atom stereocenters. The first-order valence-corrected chi connectivity index (χ1v) is 10.4. The number of hydrogen-bond acceptors (Lipinski definition) is 3. The van der Waals surface area contributed by atoms with Crippen molar-refractivity contribution in [3.05, 3.63) is 101 Å². The number of halogens is 1. The Morgan fingerprint density at radius 1 is 1.00 bits per heavy atom. The van der Waals surface area contributed by atoms with Crippen molar-refractivity contribution in [1.82, 2.24) is 0 Å². The molecule has 156 valence electrons. The highest BCUT2D eigenvalue weighted by Crippen LogP contribution is 2.38. The number of amides is 1. The van der Waals surface area contributed by atoms with Crippen molar-refractivity contribution in [2.45, 2.75) is 6.92 Å². The Kier molecular flexibility index (Phi) is 6.10. The van der Waals surface area contributed by atoms with Crippen LogP contribution in [0.15, 0.2) is 84.4 Å². The average Bonchev–Trinajstić information content (AvgIpc) is 3.12. The molecule has 4 nitrogen and oxygen atoms in total. The van der Waals surface area contributed by atoms with Gasteiger partial charge in [0.05, 0.1) is 30.1 Å². The second-order valence-corrected chi connectivity index (χ2v) is 7.36. The van der Waals surface area contributed by atoms with Crippen molar-refractivity contribution in [3.8, 4) is 11.5 Å². The number of hydrogen-bond donors (Lipinski definition) is 0. The van der Waals surface area contributed by atoms with Crippen molar-refractivity contribution in [1.29, 1.82) is 0 Å². The Morgan fingerprint density at radius 2 is 1.74 bits per heavy atom. The second-order valence-electron chi connectivity index (χ2n) is 6.96. The SMILES string of the molecule is CCOc1ccc(/C=C2\C=C(c3ccccc3)N(c3ccc(OC)c(Cl)c3)C2=O)cc1. The fraction of sp³-hybridized carbons (Fsp3) is 0.115. The van der Waals surface area contributed by atoms with Crippen molar-refractivity contribution in [2.75, 3.05) is 18.6 Å². The predicted octanol–water partition coefficient (Wildman–Crippen LogP) is 6.22. The van der Waals surface area contributed by atoms with E-state index in [9.17, 15) is 4.79 Å². The summed E-state index contributed by atoms with van der Waals surface area (Å²) in [5.74, 6) is 1.25. The molecule has 4 rings (SSSR count). The van der Waals surface area contributed by atoms with Gasteiger partial charge in [-0.05, 0) is 60.5 Å². The van der Waals surface area contributed by atoms with Gasteiger partial charge in [0.15, 0.2) is 0 Å². The fourth-order valence-corrected chi connectivity index (χ4v) is 3.75. The number of methoxy groups -OCH3 is 1. The number of anilines is 1. The molecule has 0 bridgehead atoms. The quantitative estimate of drug-likeness (QED) is 0.435. The summed E-state index contributed by atoms with van der Waals surface area (Å²) in [6.07, 6.45) is 3.79. The Morgan fingerprint density at radius 3 is 2.39 bits per heavy atom. The van der Waals surface area contributed by atoms with E-state index >= 15 is 0 Å². The maximum atomic E-state index is 13.4. The molecule has 0 fully saturated rings. The van der Waals surface area contributed by atoms with Gasteiger partial charge >= 0.3 is 0 Å². The van der Waals surface area contributed by atoms with E-state index in [1.54, 1.807) is 24.1 Å². The van der Waals surface area contributed by atoms with Gasteiger partial charge in [-0.1, -0.05) is 54.1 Å². The van der Waals surface area contributed by atoms with Gasteiger partial charge in [-0.15, -0.1) is 0 Å². The van der Waals surface area contributed by atoms with Crippen molar-refractivity contribution in [2.24, 2.45) is 0 Å². The van der Waals surface area contributed by atoms with Crippen LogP contribution in [0.5, 0.6) is 11.5 Å². The van der Waals surface area contributed by atoms with E-state index < -0.39 is 0 Å². The lowest BCUT2D eigenvalue weighted by Crippen LogP contribution is -2.24. The van der Waals surface area contributed by atoms with E-state index in [1.165, 1.54) is 0 Å². The molecule has 0 aromatic heterocycles. The lowest BCUT2D eigenvalue weighted by molar-refractivity contribution is -0.113. The monoisotopic (exact) mass is 431 g/mol. The summed E-state index contributed by atoms with van der Waals surface area (Å²) < 4.78 is 10.8. The molecule has 1 aliphatic heterocycles. The molecule has 0 atom stereocenters. The van der Waals surface area contributed by atoms with Gasteiger partial charge in [0, 0.05) is 5.57 Å². The molecule has 1 aliphatic rings. The molecule has 0 aliphatic carbocycles. The van der Waals surface area contributed by atoms with Crippen LogP contribution in [0.3, 0.4) is 0 Å². The maximum absolute atomic E-state index is 13.4. The van der Waals surface area contributed by atoms with Crippen LogP contribution >= 0.6 is 11.6 Å². The Bertz CT molecular complexity index is 1150. The van der Waals surface area contributed by atoms with E-state index in [2.05, 4.69) is 0 Å². The van der Waals surface area contributed by atoms with Gasteiger partial charge in [-0.25, -0.2) is 0 Å². The van der Waals surface area contributed by atoms with Gasteiger partial charge in [0.1, 0.15) is 11.5 Å². The van der Waals surface area contributed by atoms with Crippen LogP contribution in [0.4, 0.5) is 5.69 Å². The lowest BCUT2D eigenvalue weighted by atomic mass is 10.1. The third kappa shape index (κ3) is 4.35. The lowest BCUT2D eigenvalue weighted by Gasteiger charge is -2.21. The standard InChI is InChI=1S/C26H22ClNO3/c1-3-31-22-12-9-18(10-13-22)15-20-16-24(19-7-5-4-6-8-19)28(26(20)29)21-11-14-25(30-2)23(27)17-21/h4-17H,3H2,1-2H3/b20-15+. The fourth-order valence-electron chi connectivity index (χ4n) is 3.49. The molecule has 3 aromatic carbocycles. The van der Waals surface area contributed by atoms with Crippen LogP contribution in [-0.4, -0.2) is 19.6 Å². The molecule has 31 heavy (non-hydrogen) atoms. The summed E-state index contributed by atoms with van der Waals surface area (Å²) in [6, 6.07) is 22.8. The van der Waals surface area contributed by atoms with Crippen molar-refractivity contribution >= 4 is 35.0 Å². The minimum atomic E-state index is -0.117. The zero-order chi connectivity index (χ0) is 21.8. The molecule has 1 heterocycles. The molecule has 1 amide bonds. The third-order valence-electron chi connectivity index (χ3n) is 4.96. The largest absolute Gasteiger partial charge is 0.495 e. The topological polar surface area (TPSA) is 38.8 Å². The van der Waals surface area contributed by atoms with Crippen molar-refractivity contribution < 1.29 is 14.3 Å². The van der Waals surface area contributed by atoms with E-state index in [4.69, 9.17) is 21.1 Å². The summed E-state index contributed by atoms with van der Waals surface area (Å²) in [4.78, 5) is 15.1. The first-order chi connectivity index (χ1) is 15.1. The molecule has 0 radical (unpaired) electrons. The molecule has 0 saturated carbocycles. The molecule has 5 heteroatoms. The van der Waals surface area contributed by atoms with E-state index in [0.717, 1.165) is 22.6 Å². The summed E-state index contributed by atoms with van der Waals surface area (Å²) in [7, 11) is 1.56. The molecule has 0 saturated heterocycles. The van der Waals surface area contributed by atoms with Crippen LogP contribution in [0.1, 0.15) is 18.1 Å². The van der Waals surface area contributed by atoms with Gasteiger partial charge < -0.3 is 9.47 Å². The van der Waals surface area contributed by atoms with Gasteiger partial charge in [-0.3, -0.25) is 9.69 Å². The maximum Gasteiger partial charge on any atom is 0.262 e. The number of nitrogens with zero attached hydrogens (tertiary/aromatic N) is 1. The number of carbonyl (C=O) groups is 1. The van der Waals surface area contributed by atoms with Gasteiger partial charge in [0.2, 0.25) is 0 Å². The van der Waals surface area contributed by atoms with Gasteiger partial charge in [-0.2, -0.15) is 0 Å². The highest BCUT2D eigenvalue weighted by molar-refractivity contribution is 6.32. The summed E-state index contributed by atoms with van der Waals surface area (Å²) in [5, 5.41) is 0.448. The number of ether oxygens (including phenoxy) is 2. The minimum Gasteiger partial charge on any atom is -0.495 e. The third-order valence-corrected chi connectivity index (χ3v) is 5.25. The summed E-state index contributed by atoms with van der Waals surface area (Å²) >= 11 is 6.35. The second kappa shape index (κ2) is 9.11. The van der Waals surface area contributed by atoms with Crippen LogP contribution < -0.4 is 14.4 Å². The Labute approximate surface area is 187 Å². The minimum absolute atomic E-state index is 0.117. The zero-order valence-corrected chi connectivity index (χ0v) is 18.1. The average molecular weight is 432 g/mol. The number of benzene rings is 3. The normalized spacial score (nSPS) is 14.7. The van der Waals surface area contributed by atoms with Crippen LogP contribution in [0, 0.1) is 0 Å².